The van der Waals surface area contributed by atoms with E-state index < -0.39 is 11.8 Å². The fourth-order valence-electron chi connectivity index (χ4n) is 4.93. The molecule has 0 saturated heterocycles. The largest absolute Gasteiger partial charge is 0.212 e. The Balaban J connectivity index is 1.79. The van der Waals surface area contributed by atoms with Crippen LogP contribution in [0, 0.1) is 12.3 Å². The molecule has 0 radical (unpaired) electrons. The molecule has 0 N–H and O–H groups in total. The van der Waals surface area contributed by atoms with Gasteiger partial charge in [0.1, 0.15) is 7.05 Å². The fourth-order valence-corrected chi connectivity index (χ4v) is 4.93. The van der Waals surface area contributed by atoms with E-state index in [1.807, 2.05) is 33.0 Å². The Morgan fingerprint density at radius 3 is 2.34 bits per heavy atom. The SMILES string of the molecule is [2H]C([2H])(c1cc[n+](C)c(-c2cc(-c3ccccc3)c3c(c2C)Cc2ccccc2-3)c1)C(C)(C)C. The number of aryl methyl sites for hydroxylation is 1. The van der Waals surface area contributed by atoms with Crippen LogP contribution < -0.4 is 4.57 Å². The lowest BCUT2D eigenvalue weighted by Gasteiger charge is -2.19. The molecule has 1 heteroatoms. The number of rotatable bonds is 3. The summed E-state index contributed by atoms with van der Waals surface area (Å²) in [5, 5.41) is 0. The van der Waals surface area contributed by atoms with Gasteiger partial charge in [-0.3, -0.25) is 0 Å². The first-order chi connectivity index (χ1) is 16.1. The lowest BCUT2D eigenvalue weighted by atomic mass is 9.86. The molecule has 0 spiro atoms. The van der Waals surface area contributed by atoms with E-state index in [4.69, 9.17) is 2.74 Å². The topological polar surface area (TPSA) is 3.88 Å². The van der Waals surface area contributed by atoms with E-state index >= 15 is 0 Å². The highest BCUT2D eigenvalue weighted by atomic mass is 14.9. The molecule has 0 saturated carbocycles. The van der Waals surface area contributed by atoms with Crippen molar-refractivity contribution in [3.05, 3.63) is 101 Å². The van der Waals surface area contributed by atoms with Crippen molar-refractivity contribution < 1.29 is 7.31 Å². The van der Waals surface area contributed by atoms with Crippen LogP contribution in [0.15, 0.2) is 79.0 Å². The average molecular weight is 421 g/mol. The number of hydrogen-bond acceptors (Lipinski definition) is 0. The third-order valence-corrected chi connectivity index (χ3v) is 6.40. The number of pyridine rings is 1. The van der Waals surface area contributed by atoms with Crippen molar-refractivity contribution in [1.29, 1.82) is 0 Å². The van der Waals surface area contributed by atoms with Crippen LogP contribution in [0.1, 0.15) is 45.8 Å². The van der Waals surface area contributed by atoms with E-state index in [2.05, 4.69) is 85.3 Å². The van der Waals surface area contributed by atoms with E-state index in [1.165, 1.54) is 44.5 Å². The summed E-state index contributed by atoms with van der Waals surface area (Å²) in [5.74, 6) is 0. The molecule has 1 heterocycles. The van der Waals surface area contributed by atoms with Gasteiger partial charge in [0, 0.05) is 20.4 Å². The monoisotopic (exact) mass is 420 g/mol. The molecule has 5 rings (SSSR count). The second kappa shape index (κ2) is 7.74. The van der Waals surface area contributed by atoms with Crippen molar-refractivity contribution in [1.82, 2.24) is 0 Å². The van der Waals surface area contributed by atoms with E-state index in [9.17, 15) is 0 Å². The Morgan fingerprint density at radius 2 is 1.59 bits per heavy atom. The molecule has 0 bridgehead atoms. The highest BCUT2D eigenvalue weighted by Crippen LogP contribution is 2.47. The van der Waals surface area contributed by atoms with Gasteiger partial charge < -0.3 is 0 Å². The Labute approximate surface area is 195 Å². The molecule has 0 atom stereocenters. The smallest absolute Gasteiger partial charge is 0.201 e. The van der Waals surface area contributed by atoms with Gasteiger partial charge in [-0.1, -0.05) is 75.4 Å². The van der Waals surface area contributed by atoms with E-state index in [0.29, 0.717) is 0 Å². The molecular formula is C31H32N+. The molecule has 0 aliphatic heterocycles. The zero-order valence-corrected chi connectivity index (χ0v) is 19.7. The molecule has 1 nitrogen and oxygen atoms in total. The first kappa shape index (κ1) is 18.4. The van der Waals surface area contributed by atoms with Crippen molar-refractivity contribution in [2.75, 3.05) is 0 Å². The third kappa shape index (κ3) is 3.66. The minimum absolute atomic E-state index is 0.506. The van der Waals surface area contributed by atoms with Crippen LogP contribution in [0.25, 0.3) is 33.5 Å². The van der Waals surface area contributed by atoms with Crippen LogP contribution in [-0.4, -0.2) is 0 Å². The fraction of sp³-hybridized carbons (Fsp3) is 0.258. The summed E-state index contributed by atoms with van der Waals surface area (Å²) in [7, 11) is 2.05. The van der Waals surface area contributed by atoms with E-state index in [1.54, 1.807) is 0 Å². The molecule has 3 aromatic carbocycles. The first-order valence-electron chi connectivity index (χ1n) is 12.4. The maximum atomic E-state index is 8.85. The summed E-state index contributed by atoms with van der Waals surface area (Å²) in [6, 6.07) is 25.7. The third-order valence-electron chi connectivity index (χ3n) is 6.40. The second-order valence-corrected chi connectivity index (χ2v) is 9.94. The number of hydrogen-bond donors (Lipinski definition) is 0. The van der Waals surface area contributed by atoms with Crippen LogP contribution in [0.3, 0.4) is 0 Å². The van der Waals surface area contributed by atoms with Crippen molar-refractivity contribution in [3.63, 3.8) is 0 Å². The average Bonchev–Trinajstić information content (AvgIpc) is 3.20. The van der Waals surface area contributed by atoms with Crippen LogP contribution in [0.4, 0.5) is 0 Å². The summed E-state index contributed by atoms with van der Waals surface area (Å²) >= 11 is 0. The number of benzene rings is 3. The number of fused-ring (bicyclic) bond motifs is 3. The Bertz CT molecular complexity index is 1400. The normalized spacial score (nSPS) is 13.9. The van der Waals surface area contributed by atoms with Crippen LogP contribution >= 0.6 is 0 Å². The lowest BCUT2D eigenvalue weighted by Crippen LogP contribution is -2.31. The van der Waals surface area contributed by atoms with Gasteiger partial charge in [0.2, 0.25) is 5.69 Å². The molecule has 1 aromatic heterocycles. The predicted molar refractivity (Wildman–Crippen MR) is 135 cm³/mol. The zero-order valence-electron chi connectivity index (χ0n) is 21.7. The summed E-state index contributed by atoms with van der Waals surface area (Å²) in [5.41, 5.74) is 11.6. The van der Waals surface area contributed by atoms with E-state index in [-0.39, 0.29) is 0 Å². The molecule has 32 heavy (non-hydrogen) atoms. The highest BCUT2D eigenvalue weighted by Gasteiger charge is 2.28. The molecule has 1 aliphatic rings. The molecule has 0 amide bonds. The quantitative estimate of drug-likeness (QED) is 0.269. The molecule has 0 fully saturated rings. The molecule has 4 aromatic rings. The second-order valence-electron chi connectivity index (χ2n) is 9.94. The zero-order chi connectivity index (χ0) is 24.3. The molecule has 160 valence electrons. The van der Waals surface area contributed by atoms with Crippen LogP contribution in [-0.2, 0) is 19.8 Å². The molecule has 1 aliphatic carbocycles. The minimum atomic E-state index is -1.45. The van der Waals surface area contributed by atoms with E-state index in [0.717, 1.165) is 17.7 Å². The number of nitrogens with zero attached hydrogens (tertiary/aromatic N) is 1. The Kier molecular flexibility index (Phi) is 4.45. The summed E-state index contributed by atoms with van der Waals surface area (Å²) < 4.78 is 19.8. The first-order valence-corrected chi connectivity index (χ1v) is 11.4. The standard InChI is InChI=1S/C31H32N/c1-21-26(29-17-22(15-16-32(29)5)20-31(2,3)4)19-28(23-11-7-6-8-12-23)30-25-14-10-9-13-24(25)18-27(21)30/h6-17,19H,18,20H2,1-5H3/q+1/i20D2. The lowest BCUT2D eigenvalue weighted by molar-refractivity contribution is -0.660. The van der Waals surface area contributed by atoms with Gasteiger partial charge in [0.05, 0.1) is 0 Å². The van der Waals surface area contributed by atoms with Gasteiger partial charge in [0.25, 0.3) is 0 Å². The Hall–Kier alpha value is -3.19. The number of aromatic nitrogens is 1. The molecular weight excluding hydrogens is 386 g/mol. The predicted octanol–water partition coefficient (Wildman–Crippen LogP) is 7.31. The van der Waals surface area contributed by atoms with Crippen molar-refractivity contribution in [3.8, 4) is 33.5 Å². The van der Waals surface area contributed by atoms with Gasteiger partial charge in [0.15, 0.2) is 6.20 Å². The van der Waals surface area contributed by atoms with Crippen molar-refractivity contribution in [2.24, 2.45) is 12.5 Å². The van der Waals surface area contributed by atoms with Crippen molar-refractivity contribution >= 4 is 0 Å². The summed E-state index contributed by atoms with van der Waals surface area (Å²) in [4.78, 5) is 0. The minimum Gasteiger partial charge on any atom is -0.201 e. The van der Waals surface area contributed by atoms with Gasteiger partial charge in [-0.25, -0.2) is 4.57 Å². The maximum Gasteiger partial charge on any atom is 0.212 e. The summed E-state index contributed by atoms with van der Waals surface area (Å²) in [6.45, 7) is 8.11. The molecule has 0 unspecified atom stereocenters. The van der Waals surface area contributed by atoms with Gasteiger partial charge in [-0.05, 0) is 75.7 Å². The van der Waals surface area contributed by atoms with Crippen LogP contribution in [0.2, 0.25) is 0 Å². The van der Waals surface area contributed by atoms with Crippen molar-refractivity contribution in [2.45, 2.75) is 40.5 Å². The van der Waals surface area contributed by atoms with Crippen LogP contribution in [0.5, 0.6) is 0 Å². The maximum absolute atomic E-state index is 8.85. The van der Waals surface area contributed by atoms with Gasteiger partial charge in [-0.15, -0.1) is 0 Å². The summed E-state index contributed by atoms with van der Waals surface area (Å²) in [6.07, 6.45) is 1.48. The van der Waals surface area contributed by atoms with Gasteiger partial charge >= 0.3 is 0 Å². The Morgan fingerprint density at radius 1 is 0.875 bits per heavy atom. The van der Waals surface area contributed by atoms with Gasteiger partial charge in [-0.2, -0.15) is 0 Å². The highest BCUT2D eigenvalue weighted by molar-refractivity contribution is 5.94.